The lowest BCUT2D eigenvalue weighted by Gasteiger charge is -2.21. The molecular formula is C19H19F3N2O2S. The molecule has 1 N–H and O–H groups in total. The number of thioether (sulfide) groups is 1. The Morgan fingerprint density at radius 3 is 2.41 bits per heavy atom. The van der Waals surface area contributed by atoms with Crippen LogP contribution in [0.2, 0.25) is 0 Å². The van der Waals surface area contributed by atoms with Crippen LogP contribution in [0.15, 0.2) is 47.4 Å². The standard InChI is InChI=1S/C19H19F3N2O2S/c1-2-10-24(17(26)12-27-13-6-4-3-5-7-13)11-16(25)23-15-9-8-14(20)18(21)19(15)22/h3-9H,2,10-12H2,1H3,(H,23,25). The van der Waals surface area contributed by atoms with Crippen LogP contribution < -0.4 is 5.32 Å². The maximum absolute atomic E-state index is 13.7. The Morgan fingerprint density at radius 2 is 1.74 bits per heavy atom. The molecule has 0 aliphatic carbocycles. The van der Waals surface area contributed by atoms with Crippen molar-refractivity contribution in [3.8, 4) is 0 Å². The predicted octanol–water partition coefficient (Wildman–Crippen LogP) is 4.07. The summed E-state index contributed by atoms with van der Waals surface area (Å²) < 4.78 is 39.9. The molecule has 8 heteroatoms. The number of nitrogens with zero attached hydrogens (tertiary/aromatic N) is 1. The molecule has 144 valence electrons. The lowest BCUT2D eigenvalue weighted by Crippen LogP contribution is -2.39. The Balaban J connectivity index is 1.97. The van der Waals surface area contributed by atoms with E-state index in [2.05, 4.69) is 5.32 Å². The molecule has 0 aromatic heterocycles. The highest BCUT2D eigenvalue weighted by Gasteiger charge is 2.19. The van der Waals surface area contributed by atoms with E-state index in [0.29, 0.717) is 13.0 Å². The van der Waals surface area contributed by atoms with E-state index in [1.807, 2.05) is 37.3 Å². The van der Waals surface area contributed by atoms with Gasteiger partial charge in [-0.15, -0.1) is 11.8 Å². The van der Waals surface area contributed by atoms with Gasteiger partial charge in [0.15, 0.2) is 17.5 Å². The zero-order chi connectivity index (χ0) is 19.8. The summed E-state index contributed by atoms with van der Waals surface area (Å²) in [4.78, 5) is 26.8. The second kappa shape index (κ2) is 10.0. The fourth-order valence-corrected chi connectivity index (χ4v) is 3.12. The average molecular weight is 396 g/mol. The van der Waals surface area contributed by atoms with Crippen LogP contribution in [-0.2, 0) is 9.59 Å². The van der Waals surface area contributed by atoms with Crippen molar-refractivity contribution in [3.63, 3.8) is 0 Å². The first-order chi connectivity index (χ1) is 12.9. The Kier molecular flexibility index (Phi) is 7.72. The van der Waals surface area contributed by atoms with Gasteiger partial charge in [-0.25, -0.2) is 13.2 Å². The van der Waals surface area contributed by atoms with Crippen LogP contribution >= 0.6 is 11.8 Å². The number of hydrogen-bond donors (Lipinski definition) is 1. The lowest BCUT2D eigenvalue weighted by molar-refractivity contribution is -0.132. The van der Waals surface area contributed by atoms with Crippen LogP contribution in [0.1, 0.15) is 13.3 Å². The quantitative estimate of drug-likeness (QED) is 0.541. The number of benzene rings is 2. The first-order valence-electron chi connectivity index (χ1n) is 8.31. The summed E-state index contributed by atoms with van der Waals surface area (Å²) >= 11 is 1.35. The van der Waals surface area contributed by atoms with Gasteiger partial charge in [0.05, 0.1) is 18.0 Å². The Labute approximate surface area is 159 Å². The first-order valence-corrected chi connectivity index (χ1v) is 9.30. The van der Waals surface area contributed by atoms with E-state index in [0.717, 1.165) is 17.0 Å². The van der Waals surface area contributed by atoms with E-state index < -0.39 is 29.0 Å². The van der Waals surface area contributed by atoms with E-state index in [9.17, 15) is 22.8 Å². The van der Waals surface area contributed by atoms with Crippen LogP contribution in [0.4, 0.5) is 18.9 Å². The molecule has 0 radical (unpaired) electrons. The summed E-state index contributed by atoms with van der Waals surface area (Å²) in [6, 6.07) is 11.0. The van der Waals surface area contributed by atoms with Gasteiger partial charge < -0.3 is 10.2 Å². The van der Waals surface area contributed by atoms with Crippen molar-refractivity contribution >= 4 is 29.3 Å². The summed E-state index contributed by atoms with van der Waals surface area (Å²) in [5.74, 6) is -5.26. The van der Waals surface area contributed by atoms with Gasteiger partial charge in [0, 0.05) is 11.4 Å². The number of carbonyl (C=O) groups is 2. The van der Waals surface area contributed by atoms with E-state index in [-0.39, 0.29) is 18.2 Å². The van der Waals surface area contributed by atoms with Crippen molar-refractivity contribution < 1.29 is 22.8 Å². The molecular weight excluding hydrogens is 377 g/mol. The number of carbonyl (C=O) groups excluding carboxylic acids is 2. The minimum absolute atomic E-state index is 0.150. The third kappa shape index (κ3) is 6.02. The van der Waals surface area contributed by atoms with Crippen molar-refractivity contribution in [1.29, 1.82) is 0 Å². The van der Waals surface area contributed by atoms with Crippen LogP contribution in [-0.4, -0.2) is 35.6 Å². The van der Waals surface area contributed by atoms with Crippen molar-refractivity contribution in [2.45, 2.75) is 18.2 Å². The van der Waals surface area contributed by atoms with Gasteiger partial charge in [-0.3, -0.25) is 9.59 Å². The highest BCUT2D eigenvalue weighted by Crippen LogP contribution is 2.20. The fraction of sp³-hybridized carbons (Fsp3) is 0.263. The van der Waals surface area contributed by atoms with Crippen LogP contribution in [0, 0.1) is 17.5 Å². The van der Waals surface area contributed by atoms with Crippen LogP contribution in [0.3, 0.4) is 0 Å². The molecule has 0 unspecified atom stereocenters. The number of halogens is 3. The second-order valence-corrected chi connectivity index (χ2v) is 6.74. The SMILES string of the molecule is CCCN(CC(=O)Nc1ccc(F)c(F)c1F)C(=O)CSc1ccccc1. The molecule has 4 nitrogen and oxygen atoms in total. The van der Waals surface area contributed by atoms with E-state index in [4.69, 9.17) is 0 Å². The zero-order valence-electron chi connectivity index (χ0n) is 14.7. The van der Waals surface area contributed by atoms with E-state index in [1.165, 1.54) is 16.7 Å². The highest BCUT2D eigenvalue weighted by molar-refractivity contribution is 8.00. The van der Waals surface area contributed by atoms with Gasteiger partial charge in [-0.1, -0.05) is 25.1 Å². The number of amides is 2. The number of nitrogens with one attached hydrogen (secondary N) is 1. The monoisotopic (exact) mass is 396 g/mol. The molecule has 2 aromatic carbocycles. The maximum atomic E-state index is 13.7. The molecule has 0 heterocycles. The lowest BCUT2D eigenvalue weighted by atomic mass is 10.2. The number of rotatable bonds is 8. The van der Waals surface area contributed by atoms with Gasteiger partial charge in [0.25, 0.3) is 0 Å². The molecule has 0 fully saturated rings. The molecule has 0 atom stereocenters. The van der Waals surface area contributed by atoms with Crippen molar-refractivity contribution in [2.75, 3.05) is 24.2 Å². The number of anilines is 1. The topological polar surface area (TPSA) is 49.4 Å². The van der Waals surface area contributed by atoms with Gasteiger partial charge in [-0.05, 0) is 30.7 Å². The maximum Gasteiger partial charge on any atom is 0.244 e. The molecule has 27 heavy (non-hydrogen) atoms. The Hall–Kier alpha value is -2.48. The minimum Gasteiger partial charge on any atom is -0.333 e. The van der Waals surface area contributed by atoms with E-state index >= 15 is 0 Å². The minimum atomic E-state index is -1.66. The van der Waals surface area contributed by atoms with Crippen molar-refractivity contribution in [2.24, 2.45) is 0 Å². The zero-order valence-corrected chi connectivity index (χ0v) is 15.5. The van der Waals surface area contributed by atoms with Crippen molar-refractivity contribution in [3.05, 3.63) is 59.9 Å². The smallest absolute Gasteiger partial charge is 0.244 e. The molecule has 0 bridgehead atoms. The molecule has 0 saturated heterocycles. The Bertz CT molecular complexity index is 803. The molecule has 0 aliphatic rings. The summed E-state index contributed by atoms with van der Waals surface area (Å²) in [6.07, 6.45) is 0.633. The van der Waals surface area contributed by atoms with Gasteiger partial charge >= 0.3 is 0 Å². The first kappa shape index (κ1) is 20.8. The van der Waals surface area contributed by atoms with Crippen LogP contribution in [0.5, 0.6) is 0 Å². The molecule has 2 amide bonds. The normalized spacial score (nSPS) is 10.5. The average Bonchev–Trinajstić information content (AvgIpc) is 2.67. The fourth-order valence-electron chi connectivity index (χ4n) is 2.30. The van der Waals surface area contributed by atoms with Gasteiger partial charge in [0.1, 0.15) is 0 Å². The summed E-state index contributed by atoms with van der Waals surface area (Å²) in [5.41, 5.74) is -0.471. The largest absolute Gasteiger partial charge is 0.333 e. The summed E-state index contributed by atoms with van der Waals surface area (Å²) in [5, 5.41) is 2.17. The Morgan fingerprint density at radius 1 is 1.04 bits per heavy atom. The summed E-state index contributed by atoms with van der Waals surface area (Å²) in [7, 11) is 0. The van der Waals surface area contributed by atoms with Gasteiger partial charge in [0.2, 0.25) is 11.8 Å². The highest BCUT2D eigenvalue weighted by atomic mass is 32.2. The predicted molar refractivity (Wildman–Crippen MR) is 99.0 cm³/mol. The summed E-state index contributed by atoms with van der Waals surface area (Å²) in [6.45, 7) is 1.90. The van der Waals surface area contributed by atoms with Gasteiger partial charge in [-0.2, -0.15) is 0 Å². The molecule has 0 saturated carbocycles. The third-order valence-corrected chi connectivity index (χ3v) is 4.59. The van der Waals surface area contributed by atoms with Crippen LogP contribution in [0.25, 0.3) is 0 Å². The number of hydrogen-bond acceptors (Lipinski definition) is 3. The molecule has 0 spiro atoms. The molecule has 0 aliphatic heterocycles. The van der Waals surface area contributed by atoms with E-state index in [1.54, 1.807) is 0 Å². The molecule has 2 rings (SSSR count). The van der Waals surface area contributed by atoms with Crippen molar-refractivity contribution in [1.82, 2.24) is 4.90 Å². The second-order valence-electron chi connectivity index (χ2n) is 5.69. The molecule has 2 aromatic rings. The third-order valence-electron chi connectivity index (χ3n) is 3.60.